The Morgan fingerprint density at radius 3 is 2.58 bits per heavy atom. The second-order valence-corrected chi connectivity index (χ2v) is 7.67. The predicted octanol–water partition coefficient (Wildman–Crippen LogP) is 6.77. The Morgan fingerprint density at radius 1 is 0.923 bits per heavy atom. The lowest BCUT2D eigenvalue weighted by atomic mass is 9.79. The lowest BCUT2D eigenvalue weighted by Gasteiger charge is -2.26. The second-order valence-electron chi connectivity index (χ2n) is 7.67. The molecule has 0 heterocycles. The minimum atomic E-state index is -0.0100. The first-order chi connectivity index (χ1) is 12.7. The molecule has 3 aromatic rings. The van der Waals surface area contributed by atoms with E-state index in [0.717, 1.165) is 54.9 Å². The average Bonchev–Trinajstić information content (AvgIpc) is 2.68. The van der Waals surface area contributed by atoms with Crippen LogP contribution in [0.25, 0.3) is 10.8 Å². The maximum Gasteiger partial charge on any atom is 0.134 e. The molecule has 0 N–H and O–H groups in total. The van der Waals surface area contributed by atoms with Crippen molar-refractivity contribution in [3.63, 3.8) is 0 Å². The van der Waals surface area contributed by atoms with Crippen molar-refractivity contribution in [3.8, 4) is 0 Å². The first-order valence-electron chi connectivity index (χ1n) is 10.0. The molecule has 134 valence electrons. The fraction of sp³-hybridized carbons (Fsp3) is 0.360. The van der Waals surface area contributed by atoms with E-state index in [9.17, 15) is 0 Å². The predicted molar refractivity (Wildman–Crippen MR) is 108 cm³/mol. The van der Waals surface area contributed by atoms with Crippen LogP contribution in [0.1, 0.15) is 60.4 Å². The van der Waals surface area contributed by atoms with Crippen molar-refractivity contribution in [1.29, 1.82) is 0 Å². The number of hydrogen-bond acceptors (Lipinski definition) is 0. The Kier molecular flexibility index (Phi) is 4.80. The third kappa shape index (κ3) is 3.16. The summed E-state index contributed by atoms with van der Waals surface area (Å²) in [5.41, 5.74) is 6.46. The summed E-state index contributed by atoms with van der Waals surface area (Å²) in [5, 5.41) is 1.80. The minimum absolute atomic E-state index is 0.0100. The molecule has 1 unspecified atom stereocenters. The van der Waals surface area contributed by atoms with E-state index in [1.165, 1.54) is 22.3 Å². The van der Waals surface area contributed by atoms with Gasteiger partial charge in [0.1, 0.15) is 5.82 Å². The average molecular weight is 346 g/mol. The molecule has 1 atom stereocenters. The SMILES string of the molecule is CCCc1ccc2c(F)c(C3CCc4cc(CC)ccc4C3)ccc2c1. The molecule has 0 aliphatic heterocycles. The fourth-order valence-corrected chi connectivity index (χ4v) is 4.41. The van der Waals surface area contributed by atoms with Crippen LogP contribution in [0.5, 0.6) is 0 Å². The zero-order chi connectivity index (χ0) is 18.1. The van der Waals surface area contributed by atoms with Crippen molar-refractivity contribution in [2.75, 3.05) is 0 Å². The van der Waals surface area contributed by atoms with Gasteiger partial charge in [-0.3, -0.25) is 0 Å². The highest BCUT2D eigenvalue weighted by molar-refractivity contribution is 5.84. The van der Waals surface area contributed by atoms with Gasteiger partial charge >= 0.3 is 0 Å². The van der Waals surface area contributed by atoms with Gasteiger partial charge in [-0.05, 0) is 71.2 Å². The molecule has 1 heteroatoms. The number of rotatable bonds is 4. The van der Waals surface area contributed by atoms with Gasteiger partial charge in [-0.25, -0.2) is 4.39 Å². The maximum atomic E-state index is 15.3. The van der Waals surface area contributed by atoms with Crippen molar-refractivity contribution in [1.82, 2.24) is 0 Å². The summed E-state index contributed by atoms with van der Waals surface area (Å²) in [7, 11) is 0. The summed E-state index contributed by atoms with van der Waals surface area (Å²) in [5.74, 6) is 0.277. The number of fused-ring (bicyclic) bond motifs is 2. The van der Waals surface area contributed by atoms with Crippen molar-refractivity contribution in [2.45, 2.75) is 58.3 Å². The molecule has 0 radical (unpaired) electrons. The zero-order valence-electron chi connectivity index (χ0n) is 15.8. The molecule has 0 aromatic heterocycles. The molecular weight excluding hydrogens is 319 g/mol. The molecule has 0 spiro atoms. The molecule has 0 fully saturated rings. The number of aryl methyl sites for hydroxylation is 3. The van der Waals surface area contributed by atoms with Crippen LogP contribution in [0.15, 0.2) is 48.5 Å². The van der Waals surface area contributed by atoms with Gasteiger partial charge in [0.05, 0.1) is 0 Å². The molecule has 0 nitrogen and oxygen atoms in total. The Balaban J connectivity index is 1.66. The van der Waals surface area contributed by atoms with E-state index >= 15 is 4.39 Å². The first kappa shape index (κ1) is 17.3. The van der Waals surface area contributed by atoms with Gasteiger partial charge in [0.15, 0.2) is 0 Å². The van der Waals surface area contributed by atoms with Gasteiger partial charge < -0.3 is 0 Å². The summed E-state index contributed by atoms with van der Waals surface area (Å²) in [6.45, 7) is 4.38. The number of benzene rings is 3. The van der Waals surface area contributed by atoms with E-state index in [1.54, 1.807) is 0 Å². The highest BCUT2D eigenvalue weighted by atomic mass is 19.1. The van der Waals surface area contributed by atoms with Crippen molar-refractivity contribution < 1.29 is 4.39 Å². The summed E-state index contributed by atoms with van der Waals surface area (Å²) in [6.07, 6.45) is 6.30. The van der Waals surface area contributed by atoms with E-state index < -0.39 is 0 Å². The van der Waals surface area contributed by atoms with E-state index in [0.29, 0.717) is 0 Å². The molecule has 3 aromatic carbocycles. The third-order valence-electron chi connectivity index (χ3n) is 5.93. The summed E-state index contributed by atoms with van der Waals surface area (Å²) < 4.78 is 15.3. The molecule has 0 saturated heterocycles. The highest BCUT2D eigenvalue weighted by Crippen LogP contribution is 2.36. The van der Waals surface area contributed by atoms with Crippen LogP contribution in [0.4, 0.5) is 4.39 Å². The number of halogens is 1. The smallest absolute Gasteiger partial charge is 0.134 e. The van der Waals surface area contributed by atoms with Crippen LogP contribution in [0, 0.1) is 5.82 Å². The van der Waals surface area contributed by atoms with Gasteiger partial charge in [0, 0.05) is 5.39 Å². The Bertz CT molecular complexity index is 938. The summed E-state index contributed by atoms with van der Waals surface area (Å²) >= 11 is 0. The normalized spacial score (nSPS) is 16.7. The van der Waals surface area contributed by atoms with Crippen LogP contribution >= 0.6 is 0 Å². The summed E-state index contributed by atoms with van der Waals surface area (Å²) in [6, 6.07) is 17.2. The largest absolute Gasteiger partial charge is 0.206 e. The monoisotopic (exact) mass is 346 g/mol. The minimum Gasteiger partial charge on any atom is -0.206 e. The van der Waals surface area contributed by atoms with Gasteiger partial charge in [-0.1, -0.05) is 68.8 Å². The molecule has 0 bridgehead atoms. The Hall–Kier alpha value is -2.15. The molecular formula is C25H27F. The van der Waals surface area contributed by atoms with E-state index in [4.69, 9.17) is 0 Å². The molecule has 26 heavy (non-hydrogen) atoms. The van der Waals surface area contributed by atoms with Crippen LogP contribution in [-0.4, -0.2) is 0 Å². The lowest BCUT2D eigenvalue weighted by Crippen LogP contribution is -2.14. The van der Waals surface area contributed by atoms with Gasteiger partial charge in [0.2, 0.25) is 0 Å². The van der Waals surface area contributed by atoms with Crippen LogP contribution in [0.3, 0.4) is 0 Å². The standard InChI is InChI=1S/C25H27F/c1-3-5-18-7-12-23-21(15-18)11-13-24(25(23)26)22-10-9-19-14-17(4-2)6-8-20(19)16-22/h6-8,11-15,22H,3-5,9-10,16H2,1-2H3. The van der Waals surface area contributed by atoms with Crippen molar-refractivity contribution in [2.24, 2.45) is 0 Å². The maximum absolute atomic E-state index is 15.3. The molecule has 1 aliphatic carbocycles. The van der Waals surface area contributed by atoms with Gasteiger partial charge in [-0.15, -0.1) is 0 Å². The van der Waals surface area contributed by atoms with Gasteiger partial charge in [-0.2, -0.15) is 0 Å². The third-order valence-corrected chi connectivity index (χ3v) is 5.93. The quantitative estimate of drug-likeness (QED) is 0.489. The fourth-order valence-electron chi connectivity index (χ4n) is 4.41. The van der Waals surface area contributed by atoms with Crippen LogP contribution in [-0.2, 0) is 25.7 Å². The second kappa shape index (κ2) is 7.23. The lowest BCUT2D eigenvalue weighted by molar-refractivity contribution is 0.539. The van der Waals surface area contributed by atoms with Crippen LogP contribution < -0.4 is 0 Å². The molecule has 1 aliphatic rings. The first-order valence-corrected chi connectivity index (χ1v) is 10.0. The van der Waals surface area contributed by atoms with Crippen LogP contribution in [0.2, 0.25) is 0 Å². The molecule has 0 amide bonds. The van der Waals surface area contributed by atoms with Crippen molar-refractivity contribution in [3.05, 3.63) is 82.2 Å². The van der Waals surface area contributed by atoms with E-state index in [-0.39, 0.29) is 11.7 Å². The molecule has 0 saturated carbocycles. The Labute approximate surface area is 156 Å². The van der Waals surface area contributed by atoms with E-state index in [2.05, 4.69) is 50.2 Å². The topological polar surface area (TPSA) is 0 Å². The number of hydrogen-bond donors (Lipinski definition) is 0. The van der Waals surface area contributed by atoms with E-state index in [1.807, 2.05) is 12.1 Å². The zero-order valence-corrected chi connectivity index (χ0v) is 15.8. The molecule has 4 rings (SSSR count). The van der Waals surface area contributed by atoms with Crippen molar-refractivity contribution >= 4 is 10.8 Å². The van der Waals surface area contributed by atoms with Gasteiger partial charge in [0.25, 0.3) is 0 Å². The Morgan fingerprint density at radius 2 is 1.77 bits per heavy atom. The highest BCUT2D eigenvalue weighted by Gasteiger charge is 2.23. The summed E-state index contributed by atoms with van der Waals surface area (Å²) in [4.78, 5) is 0.